The Bertz CT molecular complexity index is 1010. The minimum Gasteiger partial charge on any atom is -0.292 e. The first kappa shape index (κ1) is 17.0. The molecule has 0 aliphatic carbocycles. The maximum atomic E-state index is 13.5. The summed E-state index contributed by atoms with van der Waals surface area (Å²) in [5.74, 6) is -0.205. The molecule has 2 aromatic heterocycles. The number of aromatic amines is 1. The molecule has 0 unspecified atom stereocenters. The molecule has 1 aliphatic heterocycles. The number of rotatable bonds is 3. The van der Waals surface area contributed by atoms with E-state index in [1.807, 2.05) is 19.1 Å². The van der Waals surface area contributed by atoms with Crippen molar-refractivity contribution >= 4 is 5.65 Å². The highest BCUT2D eigenvalue weighted by Crippen LogP contribution is 2.31. The van der Waals surface area contributed by atoms with Crippen LogP contribution in [0, 0.1) is 19.7 Å². The van der Waals surface area contributed by atoms with Gasteiger partial charge in [0.2, 0.25) is 0 Å². The molecule has 1 fully saturated rings. The number of nitrogens with one attached hydrogen (secondary N) is 1. The molecule has 0 amide bonds. The number of likely N-dealkylation sites (tertiary alicyclic amines) is 1. The van der Waals surface area contributed by atoms with Crippen molar-refractivity contribution in [3.8, 4) is 0 Å². The van der Waals surface area contributed by atoms with E-state index in [9.17, 15) is 9.18 Å². The van der Waals surface area contributed by atoms with E-state index in [0.717, 1.165) is 42.8 Å². The number of hydrogen-bond donors (Lipinski definition) is 1. The normalized spacial score (nSPS) is 18.5. The van der Waals surface area contributed by atoms with E-state index in [4.69, 9.17) is 0 Å². The van der Waals surface area contributed by atoms with Crippen molar-refractivity contribution in [2.75, 3.05) is 6.54 Å². The van der Waals surface area contributed by atoms with Crippen molar-refractivity contribution in [2.24, 2.45) is 0 Å². The molecule has 5 nitrogen and oxygen atoms in total. The molecule has 3 aromatic rings. The van der Waals surface area contributed by atoms with Crippen LogP contribution < -0.4 is 5.56 Å². The van der Waals surface area contributed by atoms with Crippen LogP contribution in [0.25, 0.3) is 5.65 Å². The van der Waals surface area contributed by atoms with Gasteiger partial charge in [-0.05, 0) is 50.9 Å². The second-order valence-electron chi connectivity index (χ2n) is 7.14. The summed E-state index contributed by atoms with van der Waals surface area (Å²) < 4.78 is 15.1. The second-order valence-corrected chi connectivity index (χ2v) is 7.14. The lowest BCUT2D eigenvalue weighted by Crippen LogP contribution is -2.33. The fourth-order valence-electron chi connectivity index (χ4n) is 3.81. The monoisotopic (exact) mass is 354 g/mol. The summed E-state index contributed by atoms with van der Waals surface area (Å²) >= 11 is 0. The maximum Gasteiger partial charge on any atom is 0.275 e. The molecule has 1 aliphatic rings. The number of hydrogen-bond acceptors (Lipinski definition) is 3. The lowest BCUT2D eigenvalue weighted by Gasteiger charge is -2.35. The van der Waals surface area contributed by atoms with Gasteiger partial charge >= 0.3 is 0 Å². The second kappa shape index (κ2) is 6.68. The van der Waals surface area contributed by atoms with Gasteiger partial charge < -0.3 is 0 Å². The van der Waals surface area contributed by atoms with Gasteiger partial charge in [-0.15, -0.1) is 0 Å². The molecule has 136 valence electrons. The molecular formula is C20H23FN4O. The van der Waals surface area contributed by atoms with Crippen LogP contribution in [0.15, 0.2) is 35.1 Å². The van der Waals surface area contributed by atoms with Gasteiger partial charge in [0.1, 0.15) is 5.82 Å². The summed E-state index contributed by atoms with van der Waals surface area (Å²) in [7, 11) is 0. The van der Waals surface area contributed by atoms with Gasteiger partial charge in [-0.3, -0.25) is 14.8 Å². The van der Waals surface area contributed by atoms with Gasteiger partial charge in [-0.25, -0.2) is 13.9 Å². The van der Waals surface area contributed by atoms with E-state index < -0.39 is 0 Å². The Labute approximate surface area is 151 Å². The molecular weight excluding hydrogens is 331 g/mol. The van der Waals surface area contributed by atoms with Gasteiger partial charge in [-0.2, -0.15) is 0 Å². The molecule has 4 rings (SSSR count). The van der Waals surface area contributed by atoms with Crippen molar-refractivity contribution < 1.29 is 4.39 Å². The van der Waals surface area contributed by atoms with E-state index in [-0.39, 0.29) is 17.4 Å². The SMILES string of the molecule is Cc1nc2cc([C@@H]3CCCCN3Cc3cccc(F)c3)[nH]n2c(=O)c1C. The fourth-order valence-corrected chi connectivity index (χ4v) is 3.81. The van der Waals surface area contributed by atoms with Crippen LogP contribution in [0.1, 0.15) is 47.8 Å². The number of piperidine rings is 1. The van der Waals surface area contributed by atoms with Crippen LogP contribution in [0.5, 0.6) is 0 Å². The largest absolute Gasteiger partial charge is 0.292 e. The molecule has 1 aromatic carbocycles. The van der Waals surface area contributed by atoms with Crippen molar-refractivity contribution in [2.45, 2.75) is 45.7 Å². The Kier molecular flexibility index (Phi) is 4.36. The molecule has 1 atom stereocenters. The molecule has 0 spiro atoms. The minimum atomic E-state index is -0.205. The zero-order chi connectivity index (χ0) is 18.3. The number of H-pyrrole nitrogens is 1. The Balaban J connectivity index is 1.69. The number of halogens is 1. The van der Waals surface area contributed by atoms with Gasteiger partial charge in [0.15, 0.2) is 5.65 Å². The first-order valence-corrected chi connectivity index (χ1v) is 9.10. The van der Waals surface area contributed by atoms with Gasteiger partial charge in [-0.1, -0.05) is 18.6 Å². The standard InChI is InChI=1S/C20H23FN4O/c1-13-14(2)22-19-11-17(23-25(19)20(13)26)18-8-3-4-9-24(18)12-15-6-5-7-16(21)10-15/h5-7,10-11,18,23H,3-4,8-9,12H2,1-2H3/t18-/m0/s1. The smallest absolute Gasteiger partial charge is 0.275 e. The van der Waals surface area contributed by atoms with Crippen LogP contribution in [-0.4, -0.2) is 26.0 Å². The molecule has 0 saturated carbocycles. The van der Waals surface area contributed by atoms with E-state index in [1.54, 1.807) is 19.1 Å². The molecule has 1 N–H and O–H groups in total. The molecule has 3 heterocycles. The summed E-state index contributed by atoms with van der Waals surface area (Å²) in [6.07, 6.45) is 3.28. The summed E-state index contributed by atoms with van der Waals surface area (Å²) in [5, 5.41) is 3.25. The summed E-state index contributed by atoms with van der Waals surface area (Å²) in [4.78, 5) is 19.4. The van der Waals surface area contributed by atoms with Gasteiger partial charge in [0.05, 0.1) is 11.7 Å². The zero-order valence-electron chi connectivity index (χ0n) is 15.1. The molecule has 6 heteroatoms. The zero-order valence-corrected chi connectivity index (χ0v) is 15.1. The fraction of sp³-hybridized carbons (Fsp3) is 0.400. The number of aryl methyl sites for hydroxylation is 1. The van der Waals surface area contributed by atoms with Crippen LogP contribution >= 0.6 is 0 Å². The lowest BCUT2D eigenvalue weighted by molar-refractivity contribution is 0.137. The van der Waals surface area contributed by atoms with Gasteiger partial charge in [0, 0.05) is 23.9 Å². The van der Waals surface area contributed by atoms with E-state index in [2.05, 4.69) is 15.0 Å². The average Bonchev–Trinajstić information content (AvgIpc) is 3.04. The highest BCUT2D eigenvalue weighted by Gasteiger charge is 2.26. The number of aromatic nitrogens is 3. The average molecular weight is 354 g/mol. The summed E-state index contributed by atoms with van der Waals surface area (Å²) in [5.41, 5.74) is 4.00. The van der Waals surface area contributed by atoms with E-state index >= 15 is 0 Å². The molecule has 0 bridgehead atoms. The van der Waals surface area contributed by atoms with Crippen molar-refractivity contribution in [1.82, 2.24) is 19.5 Å². The summed E-state index contributed by atoms with van der Waals surface area (Å²) in [6, 6.07) is 8.92. The van der Waals surface area contributed by atoms with Crippen molar-refractivity contribution in [3.63, 3.8) is 0 Å². The highest BCUT2D eigenvalue weighted by atomic mass is 19.1. The first-order valence-electron chi connectivity index (χ1n) is 9.10. The third kappa shape index (κ3) is 3.05. The minimum absolute atomic E-state index is 0.0498. The summed E-state index contributed by atoms with van der Waals surface area (Å²) in [6.45, 7) is 5.31. The molecule has 1 saturated heterocycles. The predicted molar refractivity (Wildman–Crippen MR) is 98.7 cm³/mol. The molecule has 26 heavy (non-hydrogen) atoms. The van der Waals surface area contributed by atoms with Crippen LogP contribution in [0.3, 0.4) is 0 Å². The van der Waals surface area contributed by atoms with Crippen molar-refractivity contribution in [1.29, 1.82) is 0 Å². The Morgan fingerprint density at radius 1 is 1.27 bits per heavy atom. The molecule has 0 radical (unpaired) electrons. The third-order valence-corrected chi connectivity index (χ3v) is 5.35. The predicted octanol–water partition coefficient (Wildman–Crippen LogP) is 3.51. The first-order chi connectivity index (χ1) is 12.5. The van der Waals surface area contributed by atoms with Crippen LogP contribution in [0.4, 0.5) is 4.39 Å². The Morgan fingerprint density at radius 2 is 2.12 bits per heavy atom. The topological polar surface area (TPSA) is 53.4 Å². The number of fused-ring (bicyclic) bond motifs is 1. The Hall–Kier alpha value is -2.47. The maximum absolute atomic E-state index is 13.5. The van der Waals surface area contributed by atoms with E-state index in [0.29, 0.717) is 17.8 Å². The van der Waals surface area contributed by atoms with Gasteiger partial charge in [0.25, 0.3) is 5.56 Å². The third-order valence-electron chi connectivity index (χ3n) is 5.35. The number of benzene rings is 1. The Morgan fingerprint density at radius 3 is 2.92 bits per heavy atom. The highest BCUT2D eigenvalue weighted by molar-refractivity contribution is 5.42. The van der Waals surface area contributed by atoms with Crippen LogP contribution in [-0.2, 0) is 6.54 Å². The van der Waals surface area contributed by atoms with Crippen molar-refractivity contribution in [3.05, 3.63) is 69.0 Å². The number of nitrogens with zero attached hydrogens (tertiary/aromatic N) is 3. The van der Waals surface area contributed by atoms with Crippen LogP contribution in [0.2, 0.25) is 0 Å². The lowest BCUT2D eigenvalue weighted by atomic mass is 9.98. The quantitative estimate of drug-likeness (QED) is 0.783. The van der Waals surface area contributed by atoms with E-state index in [1.165, 1.54) is 10.6 Å².